The fourth-order valence-corrected chi connectivity index (χ4v) is 0.429. The average molecular weight is 246 g/mol. The molecule has 8 heavy (non-hydrogen) atoms. The Morgan fingerprint density at radius 3 is 2.12 bits per heavy atom. The third kappa shape index (κ3) is 4.61. The van der Waals surface area contributed by atoms with Crippen LogP contribution in [0.3, 0.4) is 0 Å². The Morgan fingerprint density at radius 2 is 2.00 bits per heavy atom. The largest absolute Gasteiger partial charge is 0.329 e. The molecule has 0 saturated carbocycles. The van der Waals surface area contributed by atoms with Crippen molar-refractivity contribution in [1.82, 2.24) is 10.9 Å². The van der Waals surface area contributed by atoms with Crippen molar-refractivity contribution in [2.75, 3.05) is 6.54 Å². The Bertz CT molecular complexity index is 57.1. The van der Waals surface area contributed by atoms with Gasteiger partial charge < -0.3 is 5.43 Å². The van der Waals surface area contributed by atoms with Gasteiger partial charge in [0.05, 0.1) is 0 Å². The number of rotatable bonds is 0. The van der Waals surface area contributed by atoms with E-state index < -0.39 is 0 Å². The molecule has 0 amide bonds. The minimum atomic E-state index is 0. The lowest BCUT2D eigenvalue weighted by Crippen LogP contribution is -2.30. The first-order valence-corrected chi connectivity index (χ1v) is 2.13. The summed E-state index contributed by atoms with van der Waals surface area (Å²) in [6, 6.07) is 0. The van der Waals surface area contributed by atoms with Crippen LogP contribution in [0.5, 0.6) is 0 Å². The van der Waals surface area contributed by atoms with Crippen molar-refractivity contribution in [3.05, 3.63) is 12.3 Å². The minimum Gasteiger partial charge on any atom is -0.329 e. The number of hydrazine groups is 1. The summed E-state index contributed by atoms with van der Waals surface area (Å²) in [4.78, 5) is 0. The second-order valence-corrected chi connectivity index (χ2v) is 1.26. The molecule has 0 saturated heterocycles. The Kier molecular flexibility index (Phi) is 10.5. The molecule has 0 aromatic rings. The molecular weight excluding hydrogens is 236 g/mol. The molecule has 2 N–H and O–H groups in total. The van der Waals surface area contributed by atoms with Crippen molar-refractivity contribution >= 4 is 34.0 Å². The van der Waals surface area contributed by atoms with Crippen molar-refractivity contribution in [2.45, 2.75) is 6.42 Å². The first kappa shape index (κ1) is 11.3. The number of nitrogens with one attached hydrogen (secondary N) is 2. The lowest BCUT2D eigenvalue weighted by atomic mass is 10.4. The minimum absolute atomic E-state index is 0. The van der Waals surface area contributed by atoms with Gasteiger partial charge in [-0.2, -0.15) is 0 Å². The topological polar surface area (TPSA) is 24.1 Å². The van der Waals surface area contributed by atoms with Crippen LogP contribution in [0.2, 0.25) is 0 Å². The first-order chi connectivity index (χ1) is 3.00. The van der Waals surface area contributed by atoms with Gasteiger partial charge in [-0.3, -0.25) is 0 Å². The summed E-state index contributed by atoms with van der Waals surface area (Å²) in [5, 5.41) is 0. The SMILES string of the molecule is Br.Br.C1=CNNCC1. The summed E-state index contributed by atoms with van der Waals surface area (Å²) < 4.78 is 0. The van der Waals surface area contributed by atoms with Gasteiger partial charge in [0.15, 0.2) is 0 Å². The zero-order chi connectivity index (χ0) is 4.24. The van der Waals surface area contributed by atoms with Crippen LogP contribution in [0, 0.1) is 0 Å². The quantitative estimate of drug-likeness (QED) is 0.670. The Balaban J connectivity index is 0. The van der Waals surface area contributed by atoms with E-state index in [1.54, 1.807) is 0 Å². The number of hydrogen-bond donors (Lipinski definition) is 2. The van der Waals surface area contributed by atoms with E-state index >= 15 is 0 Å². The van der Waals surface area contributed by atoms with Crippen LogP contribution in [-0.2, 0) is 0 Å². The van der Waals surface area contributed by atoms with E-state index in [-0.39, 0.29) is 34.0 Å². The van der Waals surface area contributed by atoms with Crippen LogP contribution in [0.25, 0.3) is 0 Å². The fraction of sp³-hybridized carbons (Fsp3) is 0.500. The molecule has 1 rings (SSSR count). The van der Waals surface area contributed by atoms with Crippen LogP contribution in [0.1, 0.15) is 6.42 Å². The summed E-state index contributed by atoms with van der Waals surface area (Å²) in [6.07, 6.45) is 5.15. The van der Waals surface area contributed by atoms with Gasteiger partial charge in [0.25, 0.3) is 0 Å². The van der Waals surface area contributed by atoms with E-state index in [1.165, 1.54) is 0 Å². The fourth-order valence-electron chi connectivity index (χ4n) is 0.429. The molecule has 0 aromatic carbocycles. The van der Waals surface area contributed by atoms with Crippen molar-refractivity contribution in [3.63, 3.8) is 0 Å². The lowest BCUT2D eigenvalue weighted by molar-refractivity contribution is 0.605. The van der Waals surface area contributed by atoms with Crippen LogP contribution < -0.4 is 10.9 Å². The van der Waals surface area contributed by atoms with Crippen molar-refractivity contribution in [1.29, 1.82) is 0 Å². The van der Waals surface area contributed by atoms with Gasteiger partial charge in [-0.15, -0.1) is 34.0 Å². The van der Waals surface area contributed by atoms with E-state index in [1.807, 2.05) is 6.20 Å². The van der Waals surface area contributed by atoms with Crippen LogP contribution in [0.4, 0.5) is 0 Å². The lowest BCUT2D eigenvalue weighted by Gasteiger charge is -2.04. The molecule has 0 atom stereocenters. The van der Waals surface area contributed by atoms with Gasteiger partial charge in [-0.1, -0.05) is 6.08 Å². The molecule has 0 bridgehead atoms. The zero-order valence-electron chi connectivity index (χ0n) is 4.39. The molecular formula is C4H10Br2N2. The highest BCUT2D eigenvalue weighted by molar-refractivity contribution is 8.93. The van der Waals surface area contributed by atoms with Crippen molar-refractivity contribution in [2.24, 2.45) is 0 Å². The van der Waals surface area contributed by atoms with Gasteiger partial charge in [-0.25, -0.2) is 5.43 Å². The normalized spacial score (nSPS) is 15.0. The molecule has 0 radical (unpaired) electrons. The maximum Gasteiger partial charge on any atom is 0.0183 e. The predicted octanol–water partition coefficient (Wildman–Crippen LogP) is 1.15. The third-order valence-corrected chi connectivity index (χ3v) is 0.739. The molecule has 1 aliphatic heterocycles. The monoisotopic (exact) mass is 244 g/mol. The Hall–Kier alpha value is 0.460. The summed E-state index contributed by atoms with van der Waals surface area (Å²) >= 11 is 0. The Morgan fingerprint density at radius 1 is 1.25 bits per heavy atom. The standard InChI is InChI=1S/C4H8N2.2BrH/c1-2-4-6-5-3-1;;/h1,3,5-6H,2,4H2;2*1H. The molecule has 4 heteroatoms. The van der Waals surface area contributed by atoms with E-state index in [0.29, 0.717) is 0 Å². The smallest absolute Gasteiger partial charge is 0.0183 e. The molecule has 0 aromatic heterocycles. The summed E-state index contributed by atoms with van der Waals surface area (Å²) in [5.74, 6) is 0. The van der Waals surface area contributed by atoms with Gasteiger partial charge in [0.2, 0.25) is 0 Å². The summed E-state index contributed by atoms with van der Waals surface area (Å²) in [7, 11) is 0. The molecule has 50 valence electrons. The summed E-state index contributed by atoms with van der Waals surface area (Å²) in [6.45, 7) is 1.05. The second-order valence-electron chi connectivity index (χ2n) is 1.26. The molecule has 1 aliphatic rings. The molecule has 0 spiro atoms. The predicted molar refractivity (Wildman–Crippen MR) is 45.5 cm³/mol. The van der Waals surface area contributed by atoms with Gasteiger partial charge in [-0.05, 0) is 6.42 Å². The first-order valence-electron chi connectivity index (χ1n) is 2.13. The molecule has 0 aliphatic carbocycles. The van der Waals surface area contributed by atoms with Crippen LogP contribution in [-0.4, -0.2) is 6.54 Å². The zero-order valence-corrected chi connectivity index (χ0v) is 7.81. The van der Waals surface area contributed by atoms with E-state index in [9.17, 15) is 0 Å². The number of halogens is 2. The van der Waals surface area contributed by atoms with E-state index in [2.05, 4.69) is 16.9 Å². The molecule has 1 heterocycles. The molecule has 2 nitrogen and oxygen atoms in total. The second kappa shape index (κ2) is 7.46. The van der Waals surface area contributed by atoms with Gasteiger partial charge in [0, 0.05) is 12.7 Å². The van der Waals surface area contributed by atoms with Gasteiger partial charge >= 0.3 is 0 Å². The van der Waals surface area contributed by atoms with Crippen LogP contribution in [0.15, 0.2) is 12.3 Å². The Labute approximate surface area is 70.2 Å². The van der Waals surface area contributed by atoms with Crippen molar-refractivity contribution < 1.29 is 0 Å². The maximum absolute atomic E-state index is 2.95. The number of hydrogen-bond acceptors (Lipinski definition) is 2. The molecule has 0 fully saturated rings. The average Bonchev–Trinajstić information content (AvgIpc) is 1.72. The van der Waals surface area contributed by atoms with Gasteiger partial charge in [0.1, 0.15) is 0 Å². The third-order valence-electron chi connectivity index (χ3n) is 0.739. The van der Waals surface area contributed by atoms with Crippen LogP contribution >= 0.6 is 34.0 Å². The highest BCUT2D eigenvalue weighted by Crippen LogP contribution is 1.79. The highest BCUT2D eigenvalue weighted by Gasteiger charge is 1.82. The van der Waals surface area contributed by atoms with E-state index in [4.69, 9.17) is 0 Å². The van der Waals surface area contributed by atoms with Crippen molar-refractivity contribution in [3.8, 4) is 0 Å². The summed E-state index contributed by atoms with van der Waals surface area (Å²) in [5.41, 5.74) is 5.80. The maximum atomic E-state index is 2.95. The highest BCUT2D eigenvalue weighted by atomic mass is 79.9. The van der Waals surface area contributed by atoms with E-state index in [0.717, 1.165) is 13.0 Å². The molecule has 0 unspecified atom stereocenters.